The third kappa shape index (κ3) is 4.20. The van der Waals surface area contributed by atoms with Crippen molar-refractivity contribution in [2.24, 2.45) is 0 Å². The van der Waals surface area contributed by atoms with Gasteiger partial charge >= 0.3 is 11.9 Å². The van der Waals surface area contributed by atoms with Gasteiger partial charge in [-0.15, -0.1) is 5.10 Å². The van der Waals surface area contributed by atoms with Crippen molar-refractivity contribution in [1.82, 2.24) is 14.8 Å². The lowest BCUT2D eigenvalue weighted by Gasteiger charge is -2.28. The molecule has 10 nitrogen and oxygen atoms in total. The zero-order valence-corrected chi connectivity index (χ0v) is 17.8. The number of fused-ring (bicyclic) bond motifs is 1. The van der Waals surface area contributed by atoms with Gasteiger partial charge in [0.05, 0.1) is 32.2 Å². The van der Waals surface area contributed by atoms with E-state index in [-0.39, 0.29) is 23.9 Å². The van der Waals surface area contributed by atoms with Crippen LogP contribution in [0.2, 0.25) is 0 Å². The number of esters is 2. The molecule has 0 fully saturated rings. The predicted molar refractivity (Wildman–Crippen MR) is 109 cm³/mol. The van der Waals surface area contributed by atoms with Gasteiger partial charge in [-0.3, -0.25) is 4.79 Å². The van der Waals surface area contributed by atoms with E-state index in [1.54, 1.807) is 30.7 Å². The van der Waals surface area contributed by atoms with Gasteiger partial charge in [-0.25, -0.2) is 9.48 Å². The standard InChI is InChI=1S/C19H22N4O6S/c1-5-29-17(26)15-10(2)20-18-21-19(30-9-14(25)28-4)22-23(18)16(15)11-6-7-12(24)13(8-11)27-3/h6-8,16,24H,5,9H2,1-4H3,(H,20,21,22)/t16-/m0/s1. The van der Waals surface area contributed by atoms with Crippen molar-refractivity contribution in [1.29, 1.82) is 0 Å². The normalized spacial score (nSPS) is 15.3. The van der Waals surface area contributed by atoms with Crippen molar-refractivity contribution in [3.63, 3.8) is 0 Å². The highest BCUT2D eigenvalue weighted by atomic mass is 32.2. The second kappa shape index (κ2) is 9.08. The number of nitrogens with one attached hydrogen (secondary N) is 1. The third-order valence-electron chi connectivity index (χ3n) is 4.39. The summed E-state index contributed by atoms with van der Waals surface area (Å²) < 4.78 is 16.7. The number of ether oxygens (including phenoxy) is 3. The smallest absolute Gasteiger partial charge is 0.338 e. The number of aromatic hydroxyl groups is 1. The third-order valence-corrected chi connectivity index (χ3v) is 5.21. The van der Waals surface area contributed by atoms with E-state index in [4.69, 9.17) is 9.47 Å². The zero-order chi connectivity index (χ0) is 21.8. The fourth-order valence-corrected chi connectivity index (χ4v) is 3.68. The molecule has 0 saturated heterocycles. The minimum Gasteiger partial charge on any atom is -0.504 e. The Morgan fingerprint density at radius 3 is 2.77 bits per heavy atom. The summed E-state index contributed by atoms with van der Waals surface area (Å²) in [6.45, 7) is 3.69. The molecule has 2 aromatic rings. The molecule has 1 atom stereocenters. The van der Waals surface area contributed by atoms with Crippen LogP contribution >= 0.6 is 11.8 Å². The Kier molecular flexibility index (Phi) is 6.50. The quantitative estimate of drug-likeness (QED) is 0.494. The Labute approximate surface area is 177 Å². The van der Waals surface area contributed by atoms with Crippen LogP contribution in [0.15, 0.2) is 34.6 Å². The average Bonchev–Trinajstić information content (AvgIpc) is 3.13. The highest BCUT2D eigenvalue weighted by molar-refractivity contribution is 7.99. The number of thioether (sulfide) groups is 1. The Bertz CT molecular complexity index is 1000. The first-order chi connectivity index (χ1) is 14.4. The summed E-state index contributed by atoms with van der Waals surface area (Å²) in [6.07, 6.45) is 0. The van der Waals surface area contributed by atoms with Crippen LogP contribution in [-0.4, -0.2) is 58.4 Å². The molecule has 2 heterocycles. The summed E-state index contributed by atoms with van der Waals surface area (Å²) >= 11 is 1.12. The molecule has 0 bridgehead atoms. The lowest BCUT2D eigenvalue weighted by Crippen LogP contribution is -2.29. The molecule has 11 heteroatoms. The van der Waals surface area contributed by atoms with E-state index in [2.05, 4.69) is 20.1 Å². The first-order valence-electron chi connectivity index (χ1n) is 9.07. The van der Waals surface area contributed by atoms with Gasteiger partial charge < -0.3 is 24.6 Å². The van der Waals surface area contributed by atoms with Crippen molar-refractivity contribution in [2.75, 3.05) is 31.9 Å². The van der Waals surface area contributed by atoms with Crippen molar-refractivity contribution < 1.29 is 28.9 Å². The summed E-state index contributed by atoms with van der Waals surface area (Å²) in [7, 11) is 2.75. The second-order valence-electron chi connectivity index (χ2n) is 6.25. The number of hydrogen-bond acceptors (Lipinski definition) is 10. The van der Waals surface area contributed by atoms with Crippen molar-refractivity contribution in [3.8, 4) is 11.5 Å². The SMILES string of the molecule is CCOC(=O)C1=C(C)Nc2nc(SCC(=O)OC)nn2[C@H]1c1ccc(O)c(OC)c1. The van der Waals surface area contributed by atoms with Crippen LogP contribution in [0.3, 0.4) is 0 Å². The van der Waals surface area contributed by atoms with Crippen molar-refractivity contribution >= 4 is 29.6 Å². The van der Waals surface area contributed by atoms with Crippen LogP contribution in [0.25, 0.3) is 0 Å². The monoisotopic (exact) mass is 434 g/mol. The molecule has 1 aliphatic rings. The van der Waals surface area contributed by atoms with Gasteiger partial charge in [0, 0.05) is 5.70 Å². The lowest BCUT2D eigenvalue weighted by atomic mass is 9.95. The fraction of sp³-hybridized carbons (Fsp3) is 0.368. The molecule has 3 rings (SSSR count). The number of phenolic OH excluding ortho intramolecular Hbond substituents is 1. The molecular weight excluding hydrogens is 412 g/mol. The Balaban J connectivity index is 2.08. The second-order valence-corrected chi connectivity index (χ2v) is 7.19. The Morgan fingerprint density at radius 2 is 2.10 bits per heavy atom. The molecule has 1 aromatic carbocycles. The zero-order valence-electron chi connectivity index (χ0n) is 17.0. The van der Waals surface area contributed by atoms with Crippen LogP contribution in [0.4, 0.5) is 5.95 Å². The highest BCUT2D eigenvalue weighted by Gasteiger charge is 2.35. The van der Waals surface area contributed by atoms with E-state index in [0.29, 0.717) is 27.9 Å². The van der Waals surface area contributed by atoms with Crippen LogP contribution in [0, 0.1) is 0 Å². The van der Waals surface area contributed by atoms with Crippen LogP contribution in [0.5, 0.6) is 11.5 Å². The number of nitrogens with zero attached hydrogens (tertiary/aromatic N) is 3. The van der Waals surface area contributed by atoms with Gasteiger partial charge in [0.2, 0.25) is 11.1 Å². The molecule has 0 spiro atoms. The minimum atomic E-state index is -0.672. The lowest BCUT2D eigenvalue weighted by molar-refractivity contribution is -0.139. The number of phenols is 1. The maximum absolute atomic E-state index is 12.8. The number of allylic oxidation sites excluding steroid dienone is 1. The molecule has 0 saturated carbocycles. The average molecular weight is 434 g/mol. The van der Waals surface area contributed by atoms with Crippen molar-refractivity contribution in [3.05, 3.63) is 35.0 Å². The first kappa shape index (κ1) is 21.5. The summed E-state index contributed by atoms with van der Waals surface area (Å²) in [5.74, 6) is -0.207. The summed E-state index contributed by atoms with van der Waals surface area (Å²) in [5.41, 5.74) is 1.56. The van der Waals surface area contributed by atoms with Crippen LogP contribution < -0.4 is 10.1 Å². The van der Waals surface area contributed by atoms with Gasteiger partial charge in [-0.05, 0) is 31.5 Å². The summed E-state index contributed by atoms with van der Waals surface area (Å²) in [6, 6.07) is 4.12. The number of carbonyl (C=O) groups excluding carboxylic acids is 2. The topological polar surface area (TPSA) is 125 Å². The molecule has 0 radical (unpaired) electrons. The number of anilines is 1. The maximum atomic E-state index is 12.8. The number of methoxy groups -OCH3 is 2. The largest absolute Gasteiger partial charge is 0.504 e. The number of benzene rings is 1. The first-order valence-corrected chi connectivity index (χ1v) is 10.1. The van der Waals surface area contributed by atoms with E-state index < -0.39 is 18.0 Å². The van der Waals surface area contributed by atoms with E-state index in [1.807, 2.05) is 0 Å². The Hall–Kier alpha value is -3.21. The van der Waals surface area contributed by atoms with E-state index in [0.717, 1.165) is 11.8 Å². The van der Waals surface area contributed by atoms with Gasteiger partial charge in [0.25, 0.3) is 0 Å². The number of carbonyl (C=O) groups is 2. The van der Waals surface area contributed by atoms with Gasteiger partial charge in [0.1, 0.15) is 6.04 Å². The van der Waals surface area contributed by atoms with Crippen LogP contribution in [-0.2, 0) is 19.1 Å². The maximum Gasteiger partial charge on any atom is 0.338 e. The molecule has 160 valence electrons. The van der Waals surface area contributed by atoms with Gasteiger partial charge in [0.15, 0.2) is 11.5 Å². The molecule has 1 aromatic heterocycles. The minimum absolute atomic E-state index is 0.0262. The molecule has 30 heavy (non-hydrogen) atoms. The van der Waals surface area contributed by atoms with E-state index in [1.165, 1.54) is 20.3 Å². The van der Waals surface area contributed by atoms with E-state index >= 15 is 0 Å². The summed E-state index contributed by atoms with van der Waals surface area (Å²) in [5, 5.41) is 17.9. The molecule has 0 amide bonds. The van der Waals surface area contributed by atoms with Gasteiger partial charge in [-0.1, -0.05) is 17.8 Å². The molecular formula is C19H22N4O6S. The molecule has 1 aliphatic heterocycles. The van der Waals surface area contributed by atoms with Gasteiger partial charge in [-0.2, -0.15) is 4.98 Å². The summed E-state index contributed by atoms with van der Waals surface area (Å²) in [4.78, 5) is 28.6. The van der Waals surface area contributed by atoms with E-state index in [9.17, 15) is 14.7 Å². The van der Waals surface area contributed by atoms with Crippen LogP contribution in [0.1, 0.15) is 25.5 Å². The molecule has 2 N–H and O–H groups in total. The number of rotatable bonds is 7. The Morgan fingerprint density at radius 1 is 1.33 bits per heavy atom. The fourth-order valence-electron chi connectivity index (χ4n) is 3.02. The molecule has 0 unspecified atom stereocenters. The number of aromatic nitrogens is 3. The highest BCUT2D eigenvalue weighted by Crippen LogP contribution is 2.39. The molecule has 0 aliphatic carbocycles. The predicted octanol–water partition coefficient (Wildman–Crippen LogP) is 2.11. The number of hydrogen-bond donors (Lipinski definition) is 2. The van der Waals surface area contributed by atoms with Crippen molar-refractivity contribution in [2.45, 2.75) is 25.0 Å².